The van der Waals surface area contributed by atoms with Gasteiger partial charge in [0.1, 0.15) is 11.8 Å². The average molecular weight is 673 g/mol. The molecule has 0 spiro atoms. The molecule has 0 radical (unpaired) electrons. The number of esters is 1. The van der Waals surface area contributed by atoms with Gasteiger partial charge in [0, 0.05) is 10.0 Å². The Morgan fingerprint density at radius 1 is 1.25 bits per heavy atom. The molecule has 4 unspecified atom stereocenters. The lowest BCUT2D eigenvalue weighted by atomic mass is 10.1. The lowest BCUT2D eigenvalue weighted by molar-refractivity contribution is -0.149. The van der Waals surface area contributed by atoms with Crippen molar-refractivity contribution >= 4 is 77.0 Å². The van der Waals surface area contributed by atoms with Crippen LogP contribution in [0.2, 0.25) is 0 Å². The van der Waals surface area contributed by atoms with Crippen molar-refractivity contribution in [1.82, 2.24) is 0 Å². The second-order valence-corrected chi connectivity index (χ2v) is 13.4. The van der Waals surface area contributed by atoms with E-state index < -0.39 is 37.3 Å². The molecule has 0 heterocycles. The fraction of sp³-hybridized carbons (Fsp3) is 0.364. The number of carbonyl (C=O) groups is 1. The molecule has 1 aliphatic rings. The number of carbonyl (C=O) groups excluding carboxylic acids is 1. The first-order valence-corrected chi connectivity index (χ1v) is 12.7. The smallest absolute Gasteiger partial charge is 0.311 e. The highest BCUT2D eigenvalue weighted by atomic mass is 79.9. The monoisotopic (exact) mass is 669 g/mol. The van der Waals surface area contributed by atoms with Crippen molar-refractivity contribution in [3.63, 3.8) is 0 Å². The minimum atomic E-state index is -1.27. The summed E-state index contributed by atoms with van der Waals surface area (Å²) in [7, 11) is 0. The summed E-state index contributed by atoms with van der Waals surface area (Å²) >= 11 is 22.2. The van der Waals surface area contributed by atoms with Gasteiger partial charge in [-0.3, -0.25) is 4.79 Å². The van der Waals surface area contributed by atoms with Crippen LogP contribution in [0, 0.1) is 34.4 Å². The van der Waals surface area contributed by atoms with Gasteiger partial charge in [0.25, 0.3) is 0 Å². The number of rotatable bonds is 7. The zero-order valence-electron chi connectivity index (χ0n) is 16.8. The minimum absolute atomic E-state index is 0.0837. The molecule has 32 heavy (non-hydrogen) atoms. The van der Waals surface area contributed by atoms with Gasteiger partial charge in [0.15, 0.2) is 14.8 Å². The van der Waals surface area contributed by atoms with Gasteiger partial charge in [-0.25, -0.2) is 4.39 Å². The lowest BCUT2D eigenvalue weighted by Gasteiger charge is -2.20. The van der Waals surface area contributed by atoms with E-state index in [9.17, 15) is 14.4 Å². The average Bonchev–Trinajstić information content (AvgIpc) is 3.29. The SMILES string of the molecule is CC1(C)C(C(=O)OC(C#N)c2ccc(F)c(Oc3ccc(Br)cc3)c2)C1C(Br)C(Cl)(Cl)Br. The summed E-state index contributed by atoms with van der Waals surface area (Å²) in [5, 5.41) is 9.62. The number of nitriles is 1. The van der Waals surface area contributed by atoms with Crippen molar-refractivity contribution in [3.05, 3.63) is 58.3 Å². The van der Waals surface area contributed by atoms with Gasteiger partial charge in [-0.1, -0.05) is 75.0 Å². The number of ether oxygens (including phenoxy) is 2. The summed E-state index contributed by atoms with van der Waals surface area (Å²) in [6.07, 6.45) is -1.23. The summed E-state index contributed by atoms with van der Waals surface area (Å²) in [5.74, 6) is -1.56. The molecule has 170 valence electrons. The molecule has 0 amide bonds. The molecule has 1 saturated carbocycles. The predicted molar refractivity (Wildman–Crippen MR) is 132 cm³/mol. The van der Waals surface area contributed by atoms with E-state index >= 15 is 0 Å². The summed E-state index contributed by atoms with van der Waals surface area (Å²) in [6, 6.07) is 12.7. The van der Waals surface area contributed by atoms with Gasteiger partial charge in [-0.05, 0) is 63.7 Å². The number of nitrogens with zero attached hydrogens (tertiary/aromatic N) is 1. The molecule has 1 aliphatic carbocycles. The molecule has 1 fully saturated rings. The second-order valence-electron chi connectivity index (χ2n) is 7.96. The molecule has 0 saturated heterocycles. The van der Waals surface area contributed by atoms with Crippen LogP contribution in [-0.2, 0) is 9.53 Å². The van der Waals surface area contributed by atoms with Gasteiger partial charge in [-0.2, -0.15) is 5.26 Å². The van der Waals surface area contributed by atoms with Crippen LogP contribution < -0.4 is 4.74 Å². The Bertz CT molecular complexity index is 1050. The maximum Gasteiger partial charge on any atom is 0.311 e. The van der Waals surface area contributed by atoms with Gasteiger partial charge in [0.05, 0.1) is 10.7 Å². The Labute approximate surface area is 220 Å². The van der Waals surface area contributed by atoms with Crippen molar-refractivity contribution in [2.75, 3.05) is 0 Å². The van der Waals surface area contributed by atoms with Crippen molar-refractivity contribution in [2.24, 2.45) is 17.3 Å². The molecule has 0 bridgehead atoms. The molecule has 4 nitrogen and oxygen atoms in total. The summed E-state index contributed by atoms with van der Waals surface area (Å²) in [4.78, 5) is 12.4. The summed E-state index contributed by atoms with van der Waals surface area (Å²) in [6.45, 7) is 3.79. The van der Waals surface area contributed by atoms with Gasteiger partial charge >= 0.3 is 5.97 Å². The Hall–Kier alpha value is -0.850. The van der Waals surface area contributed by atoms with Crippen LogP contribution >= 0.6 is 71.0 Å². The third-order valence-electron chi connectivity index (χ3n) is 5.44. The number of hydrogen-bond acceptors (Lipinski definition) is 4. The quantitative estimate of drug-likeness (QED) is 0.221. The van der Waals surface area contributed by atoms with E-state index in [4.69, 9.17) is 32.7 Å². The van der Waals surface area contributed by atoms with Crippen LogP contribution in [0.15, 0.2) is 46.9 Å². The highest BCUT2D eigenvalue weighted by Gasteiger charge is 2.67. The fourth-order valence-electron chi connectivity index (χ4n) is 3.63. The molecule has 0 aliphatic heterocycles. The minimum Gasteiger partial charge on any atom is -0.454 e. The van der Waals surface area contributed by atoms with Crippen molar-refractivity contribution in [1.29, 1.82) is 5.26 Å². The first-order chi connectivity index (χ1) is 14.9. The third kappa shape index (κ3) is 5.61. The van der Waals surface area contributed by atoms with E-state index in [-0.39, 0.29) is 11.7 Å². The molecule has 10 heteroatoms. The van der Waals surface area contributed by atoms with E-state index in [0.717, 1.165) is 4.47 Å². The van der Waals surface area contributed by atoms with E-state index in [2.05, 4.69) is 47.8 Å². The molecule has 2 aromatic carbocycles. The maximum absolute atomic E-state index is 14.3. The Morgan fingerprint density at radius 2 is 1.88 bits per heavy atom. The first-order valence-electron chi connectivity index (χ1n) is 9.40. The summed E-state index contributed by atoms with van der Waals surface area (Å²) in [5.41, 5.74) is -0.142. The molecule has 0 N–H and O–H groups in total. The Kier molecular flexibility index (Phi) is 7.88. The molecule has 0 aromatic heterocycles. The Morgan fingerprint density at radius 3 is 2.44 bits per heavy atom. The molecular formula is C22H17Br3Cl2FNO3. The zero-order chi connectivity index (χ0) is 23.8. The number of hydrogen-bond donors (Lipinski definition) is 0. The van der Waals surface area contributed by atoms with Crippen molar-refractivity contribution < 1.29 is 18.7 Å². The fourth-order valence-corrected chi connectivity index (χ4v) is 5.43. The third-order valence-corrected chi connectivity index (χ3v) is 9.33. The van der Waals surface area contributed by atoms with Gasteiger partial charge in [0.2, 0.25) is 6.10 Å². The normalized spacial score (nSPS) is 21.2. The predicted octanol–water partition coefficient (Wildman–Crippen LogP) is 8.05. The van der Waals surface area contributed by atoms with Crippen molar-refractivity contribution in [3.8, 4) is 17.6 Å². The van der Waals surface area contributed by atoms with Crippen LogP contribution in [0.5, 0.6) is 11.5 Å². The van der Waals surface area contributed by atoms with Gasteiger partial charge in [-0.15, -0.1) is 0 Å². The van der Waals surface area contributed by atoms with E-state index in [1.807, 2.05) is 19.9 Å². The molecule has 3 rings (SSSR count). The highest BCUT2D eigenvalue weighted by molar-refractivity contribution is 9.13. The summed E-state index contributed by atoms with van der Waals surface area (Å²) < 4.78 is 25.0. The van der Waals surface area contributed by atoms with E-state index in [1.54, 1.807) is 24.3 Å². The lowest BCUT2D eigenvalue weighted by Crippen LogP contribution is -2.24. The topological polar surface area (TPSA) is 59.3 Å². The highest BCUT2D eigenvalue weighted by Crippen LogP contribution is 2.65. The number of benzene rings is 2. The van der Waals surface area contributed by atoms with Crippen molar-refractivity contribution in [2.45, 2.75) is 28.0 Å². The Balaban J connectivity index is 1.77. The standard InChI is InChI=1S/C22H17Br3Cl2FNO3/c1-21(2)17(19(24)22(25,26)27)18(21)20(30)32-16(10-29)11-3-8-14(28)15(9-11)31-13-6-4-12(23)5-7-13/h3-9,16-19H,1-2H3. The van der Waals surface area contributed by atoms with E-state index in [1.165, 1.54) is 18.2 Å². The van der Waals surface area contributed by atoms with Crippen LogP contribution in [0.4, 0.5) is 4.39 Å². The molecular weight excluding hydrogens is 656 g/mol. The zero-order valence-corrected chi connectivity index (χ0v) is 23.1. The van der Waals surface area contributed by atoms with Crippen LogP contribution in [0.1, 0.15) is 25.5 Å². The molecule has 2 aromatic rings. The maximum atomic E-state index is 14.3. The molecule has 4 atom stereocenters. The van der Waals surface area contributed by atoms with Crippen LogP contribution in [0.25, 0.3) is 0 Å². The second kappa shape index (κ2) is 9.79. The first kappa shape index (κ1) is 25.8. The number of alkyl halides is 4. The van der Waals surface area contributed by atoms with E-state index in [0.29, 0.717) is 11.3 Å². The number of halogens is 6. The van der Waals surface area contributed by atoms with Crippen LogP contribution in [0.3, 0.4) is 0 Å². The van der Waals surface area contributed by atoms with Crippen LogP contribution in [-0.4, -0.2) is 14.0 Å². The van der Waals surface area contributed by atoms with Gasteiger partial charge < -0.3 is 9.47 Å². The largest absolute Gasteiger partial charge is 0.454 e.